The maximum absolute atomic E-state index is 5.77. The zero-order valence-electron chi connectivity index (χ0n) is 7.59. The van der Waals surface area contributed by atoms with Gasteiger partial charge in [-0.05, 0) is 6.08 Å². The summed E-state index contributed by atoms with van der Waals surface area (Å²) in [6.07, 6.45) is 7.39. The maximum atomic E-state index is 5.77. The van der Waals surface area contributed by atoms with Crippen molar-refractivity contribution in [2.45, 2.75) is 20.8 Å². The Bertz CT molecular complexity index is 180. The molecule has 0 spiro atoms. The largest absolute Gasteiger partial charge is 0.402 e. The third-order valence-corrected chi connectivity index (χ3v) is 1.39. The molecule has 0 rings (SSSR count). The minimum atomic E-state index is 0.0610. The summed E-state index contributed by atoms with van der Waals surface area (Å²) in [4.78, 5) is 0. The van der Waals surface area contributed by atoms with Crippen LogP contribution in [0.1, 0.15) is 20.8 Å². The van der Waals surface area contributed by atoms with Crippen LogP contribution in [0.25, 0.3) is 0 Å². The van der Waals surface area contributed by atoms with Crippen molar-refractivity contribution in [2.75, 3.05) is 0 Å². The lowest BCUT2D eigenvalue weighted by Gasteiger charge is -2.18. The summed E-state index contributed by atoms with van der Waals surface area (Å²) in [6, 6.07) is 0. The first-order chi connectivity index (χ1) is 4.98. The third kappa shape index (κ3) is 4.43. The van der Waals surface area contributed by atoms with Gasteiger partial charge in [0.05, 0.1) is 0 Å². The molecule has 0 aliphatic rings. The molecule has 0 aliphatic carbocycles. The molecule has 1 nitrogen and oxygen atoms in total. The van der Waals surface area contributed by atoms with Crippen molar-refractivity contribution in [1.82, 2.24) is 0 Å². The second-order valence-electron chi connectivity index (χ2n) is 3.49. The molecule has 0 saturated heterocycles. The number of hydrogen-bond acceptors (Lipinski definition) is 1. The van der Waals surface area contributed by atoms with E-state index in [0.717, 1.165) is 5.70 Å². The van der Waals surface area contributed by atoms with Crippen molar-refractivity contribution >= 4 is 0 Å². The summed E-state index contributed by atoms with van der Waals surface area (Å²) in [5, 5.41) is 0. The van der Waals surface area contributed by atoms with Gasteiger partial charge >= 0.3 is 0 Å². The van der Waals surface area contributed by atoms with E-state index in [1.807, 2.05) is 18.2 Å². The Morgan fingerprint density at radius 3 is 2.18 bits per heavy atom. The summed E-state index contributed by atoms with van der Waals surface area (Å²) in [6.45, 7) is 9.81. The molecule has 0 amide bonds. The van der Waals surface area contributed by atoms with Crippen molar-refractivity contribution in [3.63, 3.8) is 0 Å². The molecule has 0 aromatic rings. The van der Waals surface area contributed by atoms with Crippen molar-refractivity contribution in [3.05, 3.63) is 36.6 Å². The fourth-order valence-corrected chi connectivity index (χ4v) is 0.488. The minimum Gasteiger partial charge on any atom is -0.402 e. The van der Waals surface area contributed by atoms with E-state index in [1.165, 1.54) is 0 Å². The van der Waals surface area contributed by atoms with Gasteiger partial charge in [-0.1, -0.05) is 45.6 Å². The van der Waals surface area contributed by atoms with Gasteiger partial charge in [0, 0.05) is 11.1 Å². The van der Waals surface area contributed by atoms with Gasteiger partial charge in [-0.3, -0.25) is 0 Å². The van der Waals surface area contributed by atoms with Crippen molar-refractivity contribution < 1.29 is 0 Å². The monoisotopic (exact) mass is 151 g/mol. The second-order valence-corrected chi connectivity index (χ2v) is 3.49. The van der Waals surface area contributed by atoms with Crippen LogP contribution < -0.4 is 5.73 Å². The van der Waals surface area contributed by atoms with Gasteiger partial charge in [-0.15, -0.1) is 0 Å². The molecule has 0 atom stereocenters. The molecule has 0 unspecified atom stereocenters. The van der Waals surface area contributed by atoms with Gasteiger partial charge in [0.15, 0.2) is 0 Å². The highest BCUT2D eigenvalue weighted by atomic mass is 14.6. The summed E-state index contributed by atoms with van der Waals surface area (Å²) in [7, 11) is 0. The Hall–Kier alpha value is -0.980. The topological polar surface area (TPSA) is 26.0 Å². The molecule has 0 radical (unpaired) electrons. The van der Waals surface area contributed by atoms with Gasteiger partial charge in [0.1, 0.15) is 0 Å². The third-order valence-electron chi connectivity index (χ3n) is 1.39. The van der Waals surface area contributed by atoms with Crippen LogP contribution in [0.5, 0.6) is 0 Å². The SMILES string of the molecule is C=C/C=C\C=C(/N)C(C)(C)C. The van der Waals surface area contributed by atoms with E-state index in [2.05, 4.69) is 27.4 Å². The van der Waals surface area contributed by atoms with Crippen LogP contribution in [0.3, 0.4) is 0 Å². The standard InChI is InChI=1S/C10H17N/c1-5-6-7-8-9(11)10(2,3)4/h5-8H,1,11H2,2-4H3/b7-6-,9-8-. The highest BCUT2D eigenvalue weighted by molar-refractivity contribution is 5.17. The van der Waals surface area contributed by atoms with E-state index < -0.39 is 0 Å². The summed E-state index contributed by atoms with van der Waals surface area (Å²) >= 11 is 0. The molecule has 62 valence electrons. The van der Waals surface area contributed by atoms with Crippen LogP contribution in [0, 0.1) is 5.41 Å². The quantitative estimate of drug-likeness (QED) is 0.603. The molecule has 1 heteroatoms. The van der Waals surface area contributed by atoms with Gasteiger partial charge in [-0.25, -0.2) is 0 Å². The number of nitrogens with two attached hydrogens (primary N) is 1. The van der Waals surface area contributed by atoms with E-state index >= 15 is 0 Å². The molecule has 0 saturated carbocycles. The molecular weight excluding hydrogens is 134 g/mol. The highest BCUT2D eigenvalue weighted by Crippen LogP contribution is 2.19. The number of hydrogen-bond donors (Lipinski definition) is 1. The Balaban J connectivity index is 4.23. The predicted octanol–water partition coefficient (Wildman–Crippen LogP) is 2.62. The lowest BCUT2D eigenvalue weighted by atomic mass is 9.92. The average molecular weight is 151 g/mol. The van der Waals surface area contributed by atoms with Gasteiger partial charge in [0.25, 0.3) is 0 Å². The first-order valence-electron chi connectivity index (χ1n) is 3.74. The Morgan fingerprint density at radius 1 is 1.27 bits per heavy atom. The van der Waals surface area contributed by atoms with E-state index in [-0.39, 0.29) is 5.41 Å². The molecule has 2 N–H and O–H groups in total. The van der Waals surface area contributed by atoms with Gasteiger partial charge in [0.2, 0.25) is 0 Å². The Labute approximate surface area is 69.3 Å². The molecule has 0 aliphatic heterocycles. The summed E-state index contributed by atoms with van der Waals surface area (Å²) in [5.74, 6) is 0. The van der Waals surface area contributed by atoms with Crippen LogP contribution in [0.15, 0.2) is 36.6 Å². The minimum absolute atomic E-state index is 0.0610. The van der Waals surface area contributed by atoms with Crippen molar-refractivity contribution in [3.8, 4) is 0 Å². The fourth-order valence-electron chi connectivity index (χ4n) is 0.488. The molecule has 11 heavy (non-hydrogen) atoms. The first kappa shape index (κ1) is 10.0. The molecule has 0 heterocycles. The smallest absolute Gasteiger partial charge is 0.0135 e. The van der Waals surface area contributed by atoms with E-state index in [9.17, 15) is 0 Å². The average Bonchev–Trinajstić information content (AvgIpc) is 1.86. The second kappa shape index (κ2) is 4.02. The van der Waals surface area contributed by atoms with Crippen LogP contribution in [0.4, 0.5) is 0 Å². The molecule has 0 fully saturated rings. The first-order valence-corrected chi connectivity index (χ1v) is 3.74. The van der Waals surface area contributed by atoms with E-state index in [1.54, 1.807) is 6.08 Å². The molecule has 0 bridgehead atoms. The lowest BCUT2D eigenvalue weighted by Crippen LogP contribution is -2.16. The lowest BCUT2D eigenvalue weighted by molar-refractivity contribution is 0.497. The Kier molecular flexibility index (Phi) is 3.66. The van der Waals surface area contributed by atoms with E-state index in [4.69, 9.17) is 5.73 Å². The van der Waals surface area contributed by atoms with Crippen LogP contribution in [-0.2, 0) is 0 Å². The van der Waals surface area contributed by atoms with Crippen molar-refractivity contribution in [1.29, 1.82) is 0 Å². The molecular formula is C10H17N. The van der Waals surface area contributed by atoms with Crippen molar-refractivity contribution in [2.24, 2.45) is 11.1 Å². The van der Waals surface area contributed by atoms with Crippen LogP contribution in [0.2, 0.25) is 0 Å². The maximum Gasteiger partial charge on any atom is 0.0135 e. The summed E-state index contributed by atoms with van der Waals surface area (Å²) in [5.41, 5.74) is 6.71. The predicted molar refractivity (Wildman–Crippen MR) is 51.1 cm³/mol. The number of rotatable bonds is 2. The summed E-state index contributed by atoms with van der Waals surface area (Å²) < 4.78 is 0. The van der Waals surface area contributed by atoms with Gasteiger partial charge in [-0.2, -0.15) is 0 Å². The van der Waals surface area contributed by atoms with Crippen LogP contribution >= 0.6 is 0 Å². The fraction of sp³-hybridized carbons (Fsp3) is 0.400. The van der Waals surface area contributed by atoms with E-state index in [0.29, 0.717) is 0 Å². The highest BCUT2D eigenvalue weighted by Gasteiger charge is 2.11. The zero-order chi connectivity index (χ0) is 8.91. The number of allylic oxidation sites excluding steroid dienone is 5. The molecule has 0 aromatic heterocycles. The Morgan fingerprint density at radius 2 is 1.82 bits per heavy atom. The van der Waals surface area contributed by atoms with Crippen LogP contribution in [-0.4, -0.2) is 0 Å². The van der Waals surface area contributed by atoms with Gasteiger partial charge < -0.3 is 5.73 Å². The zero-order valence-corrected chi connectivity index (χ0v) is 7.59. The normalized spacial score (nSPS) is 13.9. The molecule has 0 aromatic carbocycles.